The fourth-order valence-electron chi connectivity index (χ4n) is 5.28. The van der Waals surface area contributed by atoms with Crippen LogP contribution in [0.15, 0.2) is 91.3 Å². The van der Waals surface area contributed by atoms with Crippen molar-refractivity contribution in [2.45, 2.75) is 47.8 Å². The summed E-state index contributed by atoms with van der Waals surface area (Å²) in [4.78, 5) is 36.9. The number of carbonyl (C=O) groups excluding carboxylic acids is 2. The lowest BCUT2D eigenvalue weighted by Crippen LogP contribution is -2.20. The molecule has 0 fully saturated rings. The summed E-state index contributed by atoms with van der Waals surface area (Å²) in [5.41, 5.74) is 8.67. The number of benzene rings is 2. The molecule has 0 radical (unpaired) electrons. The van der Waals surface area contributed by atoms with Crippen molar-refractivity contribution in [3.8, 4) is 11.5 Å². The maximum atomic E-state index is 12.4. The van der Waals surface area contributed by atoms with E-state index in [-0.39, 0.29) is 11.8 Å². The number of amides is 2. The zero-order valence-corrected chi connectivity index (χ0v) is 27.8. The first-order valence-corrected chi connectivity index (χ1v) is 15.7. The van der Waals surface area contributed by atoms with Gasteiger partial charge in [0.2, 0.25) is 11.8 Å². The normalized spacial score (nSPS) is 11.5. The van der Waals surface area contributed by atoms with Crippen molar-refractivity contribution in [2.24, 2.45) is 0 Å². The molecule has 0 aliphatic carbocycles. The average molecular weight is 642 g/mol. The van der Waals surface area contributed by atoms with E-state index < -0.39 is 0 Å². The lowest BCUT2D eigenvalue weighted by molar-refractivity contribution is -0.116. The number of carbonyl (C=O) groups is 2. The summed E-state index contributed by atoms with van der Waals surface area (Å²) in [6, 6.07) is 21.3. The maximum Gasteiger partial charge on any atom is 0.244 e. The molecule has 48 heavy (non-hydrogen) atoms. The second-order valence-corrected chi connectivity index (χ2v) is 11.5. The van der Waals surface area contributed by atoms with Crippen molar-refractivity contribution >= 4 is 40.2 Å². The second kappa shape index (κ2) is 15.6. The molecule has 0 aliphatic rings. The first-order valence-electron chi connectivity index (χ1n) is 15.7. The van der Waals surface area contributed by atoms with E-state index in [9.17, 15) is 9.59 Å². The summed E-state index contributed by atoms with van der Waals surface area (Å²) in [5.74, 6) is 1.48. The fraction of sp³-hybridized carbons (Fsp3) is 0.205. The highest BCUT2D eigenvalue weighted by Gasteiger charge is 2.14. The minimum absolute atomic E-state index is 0.189. The number of hydrogen-bond donors (Lipinski definition) is 2. The quantitative estimate of drug-likeness (QED) is 0.137. The Morgan fingerprint density at radius 1 is 0.875 bits per heavy atom. The molecule has 0 atom stereocenters. The first-order chi connectivity index (χ1) is 23.2. The van der Waals surface area contributed by atoms with Crippen LogP contribution < -0.4 is 20.1 Å². The zero-order valence-electron chi connectivity index (χ0n) is 27.8. The van der Waals surface area contributed by atoms with Crippen molar-refractivity contribution in [1.29, 1.82) is 0 Å². The second-order valence-electron chi connectivity index (χ2n) is 11.5. The van der Waals surface area contributed by atoms with Crippen LogP contribution in [0.4, 0.5) is 5.82 Å². The lowest BCUT2D eigenvalue weighted by Gasteiger charge is -2.17. The van der Waals surface area contributed by atoms with Gasteiger partial charge in [0.15, 0.2) is 0 Å². The van der Waals surface area contributed by atoms with Gasteiger partial charge in [-0.15, -0.1) is 0 Å². The van der Waals surface area contributed by atoms with E-state index in [2.05, 4.69) is 46.6 Å². The Morgan fingerprint density at radius 2 is 1.71 bits per heavy atom. The Balaban J connectivity index is 1.24. The van der Waals surface area contributed by atoms with Crippen molar-refractivity contribution in [3.05, 3.63) is 130 Å². The highest BCUT2D eigenvalue weighted by molar-refractivity contribution is 5.92. The van der Waals surface area contributed by atoms with Crippen LogP contribution in [0, 0.1) is 20.8 Å². The number of aryl methyl sites for hydroxylation is 2. The Bertz CT molecular complexity index is 1990. The number of aromatic nitrogens is 3. The highest BCUT2D eigenvalue weighted by Crippen LogP contribution is 2.33. The molecule has 9 nitrogen and oxygen atoms in total. The third-order valence-electron chi connectivity index (χ3n) is 7.83. The molecule has 0 aliphatic heterocycles. The summed E-state index contributed by atoms with van der Waals surface area (Å²) >= 11 is 0. The number of rotatable bonds is 12. The largest absolute Gasteiger partial charge is 0.487 e. The summed E-state index contributed by atoms with van der Waals surface area (Å²) in [7, 11) is 0. The molecule has 0 bridgehead atoms. The van der Waals surface area contributed by atoms with Crippen LogP contribution in [-0.4, -0.2) is 33.3 Å². The van der Waals surface area contributed by atoms with Crippen molar-refractivity contribution in [3.63, 3.8) is 0 Å². The minimum Gasteiger partial charge on any atom is -0.487 e. The van der Waals surface area contributed by atoms with Crippen LogP contribution in [0.5, 0.6) is 11.5 Å². The number of fused-ring (bicyclic) bond motifs is 1. The van der Waals surface area contributed by atoms with E-state index >= 15 is 0 Å². The maximum absolute atomic E-state index is 12.4. The molecule has 3 heterocycles. The molecule has 244 valence electrons. The molecule has 2 aromatic carbocycles. The molecular weight excluding hydrogens is 602 g/mol. The molecule has 2 N–H and O–H groups in total. The van der Waals surface area contributed by atoms with Crippen molar-refractivity contribution in [2.75, 3.05) is 11.9 Å². The lowest BCUT2D eigenvalue weighted by atomic mass is 9.94. The predicted octanol–water partition coefficient (Wildman–Crippen LogP) is 7.30. The summed E-state index contributed by atoms with van der Waals surface area (Å²) < 4.78 is 12.6. The molecule has 0 saturated heterocycles. The fourth-order valence-corrected chi connectivity index (χ4v) is 5.28. The van der Waals surface area contributed by atoms with E-state index in [0.29, 0.717) is 31.3 Å². The van der Waals surface area contributed by atoms with Crippen LogP contribution in [-0.2, 0) is 22.8 Å². The van der Waals surface area contributed by atoms with Gasteiger partial charge in [-0.3, -0.25) is 14.6 Å². The van der Waals surface area contributed by atoms with E-state index in [0.717, 1.165) is 61.4 Å². The van der Waals surface area contributed by atoms with Crippen LogP contribution in [0.25, 0.3) is 22.6 Å². The number of anilines is 1. The summed E-state index contributed by atoms with van der Waals surface area (Å²) in [6.07, 6.45) is 8.49. The SMILES string of the molecule is CC(=O)Nc1ccc(/C=C/C(=O)NC/C=C(/C)c2ccc(C)c(COc3cccc4c(OCc5ccccn5)cc(C)nc34)c2C)cn1. The Labute approximate surface area is 280 Å². The van der Waals surface area contributed by atoms with Gasteiger partial charge >= 0.3 is 0 Å². The van der Waals surface area contributed by atoms with Gasteiger partial charge in [-0.2, -0.15) is 0 Å². The van der Waals surface area contributed by atoms with Gasteiger partial charge in [-0.25, -0.2) is 9.97 Å². The van der Waals surface area contributed by atoms with Crippen LogP contribution in [0.1, 0.15) is 53.1 Å². The van der Waals surface area contributed by atoms with Crippen molar-refractivity contribution in [1.82, 2.24) is 20.3 Å². The molecular formula is C39H39N5O4. The van der Waals surface area contributed by atoms with Gasteiger partial charge in [-0.1, -0.05) is 30.3 Å². The monoisotopic (exact) mass is 641 g/mol. The number of nitrogens with one attached hydrogen (secondary N) is 2. The number of para-hydroxylation sites is 1. The topological polar surface area (TPSA) is 115 Å². The van der Waals surface area contributed by atoms with E-state index in [1.807, 2.05) is 62.4 Å². The molecule has 3 aromatic heterocycles. The standard InChI is InChI=1S/C39H39N5O4/c1-25-12-15-32(26(2)18-20-41-38(46)17-14-30-13-16-37(42-22-30)44-29(5)45)28(4)34(25)24-48-35-11-8-10-33-36(21-27(3)43-39(33)35)47-23-31-9-6-7-19-40-31/h6-19,21-22H,20,23-24H2,1-5H3,(H,41,46)(H,42,44,45)/b17-14+,26-18-. The minimum atomic E-state index is -0.219. The van der Waals surface area contributed by atoms with Crippen LogP contribution in [0.3, 0.4) is 0 Å². The molecule has 2 amide bonds. The smallest absolute Gasteiger partial charge is 0.244 e. The van der Waals surface area contributed by atoms with Gasteiger partial charge in [-0.05, 0) is 104 Å². The van der Waals surface area contributed by atoms with E-state index in [1.165, 1.54) is 13.0 Å². The first kappa shape index (κ1) is 33.5. The summed E-state index contributed by atoms with van der Waals surface area (Å²) in [6.45, 7) is 10.7. The van der Waals surface area contributed by atoms with Crippen molar-refractivity contribution < 1.29 is 19.1 Å². The van der Waals surface area contributed by atoms with Crippen LogP contribution in [0.2, 0.25) is 0 Å². The van der Waals surface area contributed by atoms with Gasteiger partial charge < -0.3 is 20.1 Å². The molecule has 9 heteroatoms. The van der Waals surface area contributed by atoms with Gasteiger partial charge in [0.1, 0.15) is 36.0 Å². The number of allylic oxidation sites excluding steroid dienone is 1. The number of pyridine rings is 3. The number of nitrogens with zero attached hydrogens (tertiary/aromatic N) is 3. The Kier molecular flexibility index (Phi) is 10.9. The summed E-state index contributed by atoms with van der Waals surface area (Å²) in [5, 5.41) is 6.40. The van der Waals surface area contributed by atoms with E-state index in [4.69, 9.17) is 14.5 Å². The molecule has 5 aromatic rings. The number of hydrogen-bond acceptors (Lipinski definition) is 7. The van der Waals surface area contributed by atoms with Crippen LogP contribution >= 0.6 is 0 Å². The molecule has 0 unspecified atom stereocenters. The average Bonchev–Trinajstić information content (AvgIpc) is 3.07. The van der Waals surface area contributed by atoms with E-state index in [1.54, 1.807) is 30.6 Å². The highest BCUT2D eigenvalue weighted by atomic mass is 16.5. The Hall–Kier alpha value is -5.83. The molecule has 0 spiro atoms. The third-order valence-corrected chi connectivity index (χ3v) is 7.83. The molecule has 0 saturated carbocycles. The number of ether oxygens (including phenoxy) is 2. The van der Waals surface area contributed by atoms with Gasteiger partial charge in [0.25, 0.3) is 0 Å². The van der Waals surface area contributed by atoms with Gasteiger partial charge in [0, 0.05) is 49.1 Å². The third kappa shape index (κ3) is 8.70. The van der Waals surface area contributed by atoms with Gasteiger partial charge in [0.05, 0.1) is 5.69 Å². The zero-order chi connectivity index (χ0) is 34.0. The predicted molar refractivity (Wildman–Crippen MR) is 190 cm³/mol. The molecule has 5 rings (SSSR count). The Morgan fingerprint density at radius 3 is 2.46 bits per heavy atom.